The number of carbonyl (C=O) groups is 1. The fraction of sp³-hybridized carbons (Fsp3) is 0.172. The molecule has 1 aliphatic rings. The Morgan fingerprint density at radius 3 is 2.55 bits per heavy atom. The number of para-hydroxylation sites is 1. The van der Waals surface area contributed by atoms with Gasteiger partial charge < -0.3 is 15.0 Å². The van der Waals surface area contributed by atoms with Gasteiger partial charge in [-0.05, 0) is 42.3 Å². The van der Waals surface area contributed by atoms with Gasteiger partial charge in [-0.2, -0.15) is 4.99 Å². The lowest BCUT2D eigenvalue weighted by Gasteiger charge is -2.20. The molecule has 0 saturated carbocycles. The van der Waals surface area contributed by atoms with Crippen LogP contribution in [0.1, 0.15) is 18.1 Å². The van der Waals surface area contributed by atoms with E-state index in [-0.39, 0.29) is 11.3 Å². The second-order valence-electron chi connectivity index (χ2n) is 8.95. The zero-order valence-corrected chi connectivity index (χ0v) is 23.0. The topological polar surface area (TPSA) is 84.6 Å². The van der Waals surface area contributed by atoms with E-state index in [1.54, 1.807) is 12.1 Å². The number of aryl methyl sites for hydroxylation is 1. The van der Waals surface area contributed by atoms with Crippen LogP contribution in [0.5, 0.6) is 5.75 Å². The van der Waals surface area contributed by atoms with Crippen molar-refractivity contribution in [3.63, 3.8) is 0 Å². The standard InChI is InChI=1S/C29H24F4N6O2S/c1-2-19-5-3-4-6-25(19)38-15-16-42-28(38)36-27(40)34-17-24(30)20-7-9-21(10-8-20)26-35-18-39(37-26)22-11-13-23(14-12-22)41-29(31,32)33/h3-14,17-18H,2,15-16H2,1H3,(H,34,40)/b24-17-,36-28?. The van der Waals surface area contributed by atoms with E-state index in [9.17, 15) is 22.4 Å². The van der Waals surface area contributed by atoms with Crippen molar-refractivity contribution in [3.8, 4) is 22.8 Å². The number of thioether (sulfide) groups is 1. The SMILES string of the molecule is CCc1ccccc1N1CCSC1=NC(=O)N/C=C(\F)c1ccc(-c2ncn(-c3ccc(OC(F)(F)F)cc3)n2)cc1. The van der Waals surface area contributed by atoms with Crippen LogP contribution >= 0.6 is 11.8 Å². The van der Waals surface area contributed by atoms with E-state index in [4.69, 9.17) is 0 Å². The first-order valence-electron chi connectivity index (χ1n) is 12.8. The average molecular weight is 597 g/mol. The van der Waals surface area contributed by atoms with Crippen LogP contribution in [0.25, 0.3) is 22.9 Å². The van der Waals surface area contributed by atoms with Crippen LogP contribution in [0.15, 0.2) is 90.3 Å². The normalized spacial score (nSPS) is 14.8. The summed E-state index contributed by atoms with van der Waals surface area (Å²) in [6.45, 7) is 2.79. The minimum atomic E-state index is -4.78. The Bertz CT molecular complexity index is 1620. The van der Waals surface area contributed by atoms with Gasteiger partial charge in [0.2, 0.25) is 0 Å². The van der Waals surface area contributed by atoms with Gasteiger partial charge in [-0.15, -0.1) is 18.3 Å². The lowest BCUT2D eigenvalue weighted by atomic mass is 10.1. The molecule has 216 valence electrons. The Hall–Kier alpha value is -4.65. The number of urea groups is 1. The summed E-state index contributed by atoms with van der Waals surface area (Å²) >= 11 is 1.47. The van der Waals surface area contributed by atoms with Crippen LogP contribution in [0.2, 0.25) is 0 Å². The minimum absolute atomic E-state index is 0.222. The molecule has 2 heterocycles. The summed E-state index contributed by atoms with van der Waals surface area (Å²) in [5, 5.41) is 7.28. The Kier molecular flexibility index (Phi) is 8.57. The lowest BCUT2D eigenvalue weighted by molar-refractivity contribution is -0.274. The van der Waals surface area contributed by atoms with E-state index in [0.29, 0.717) is 22.2 Å². The van der Waals surface area contributed by atoms with Crippen molar-refractivity contribution in [2.75, 3.05) is 17.2 Å². The maximum absolute atomic E-state index is 14.8. The summed E-state index contributed by atoms with van der Waals surface area (Å²) in [5.41, 5.74) is 3.44. The number of aromatic nitrogens is 3. The number of nitrogens with zero attached hydrogens (tertiary/aromatic N) is 5. The summed E-state index contributed by atoms with van der Waals surface area (Å²) in [5.74, 6) is 0.103. The van der Waals surface area contributed by atoms with Gasteiger partial charge in [0.15, 0.2) is 11.0 Å². The molecule has 1 aromatic heterocycles. The van der Waals surface area contributed by atoms with Gasteiger partial charge >= 0.3 is 12.4 Å². The van der Waals surface area contributed by atoms with Crippen LogP contribution in [0.4, 0.5) is 28.0 Å². The second kappa shape index (κ2) is 12.5. The van der Waals surface area contributed by atoms with Gasteiger partial charge in [-0.3, -0.25) is 0 Å². The second-order valence-corrected chi connectivity index (χ2v) is 10.0. The number of rotatable bonds is 7. The van der Waals surface area contributed by atoms with Crippen molar-refractivity contribution in [2.45, 2.75) is 19.7 Å². The number of hydrogen-bond donors (Lipinski definition) is 1. The fourth-order valence-corrected chi connectivity index (χ4v) is 5.17. The van der Waals surface area contributed by atoms with Gasteiger partial charge in [0.25, 0.3) is 0 Å². The Labute approximate surface area is 242 Å². The highest BCUT2D eigenvalue weighted by atomic mass is 32.2. The summed E-state index contributed by atoms with van der Waals surface area (Å²) in [7, 11) is 0. The van der Waals surface area contributed by atoms with Crippen LogP contribution in [-0.4, -0.2) is 44.6 Å². The number of ether oxygens (including phenoxy) is 1. The monoisotopic (exact) mass is 596 g/mol. The van der Waals surface area contributed by atoms with Crippen LogP contribution in [-0.2, 0) is 6.42 Å². The summed E-state index contributed by atoms with van der Waals surface area (Å²) in [6.07, 6.45) is -1.56. The highest BCUT2D eigenvalue weighted by molar-refractivity contribution is 8.14. The molecule has 0 unspecified atom stereocenters. The average Bonchev–Trinajstić information content (AvgIpc) is 3.66. The number of hydrogen-bond acceptors (Lipinski definition) is 5. The Balaban J connectivity index is 1.22. The largest absolute Gasteiger partial charge is 0.573 e. The van der Waals surface area contributed by atoms with Gasteiger partial charge in [0.05, 0.1) is 5.69 Å². The van der Waals surface area contributed by atoms with Crippen molar-refractivity contribution >= 4 is 34.5 Å². The van der Waals surface area contributed by atoms with E-state index in [1.165, 1.54) is 59.2 Å². The summed E-state index contributed by atoms with van der Waals surface area (Å²) in [4.78, 5) is 22.8. The molecular weight excluding hydrogens is 572 g/mol. The highest BCUT2D eigenvalue weighted by Crippen LogP contribution is 2.29. The number of carbonyl (C=O) groups excluding carboxylic acids is 1. The molecule has 3 aromatic carbocycles. The van der Waals surface area contributed by atoms with Crippen molar-refractivity contribution in [1.82, 2.24) is 20.1 Å². The molecule has 0 aliphatic carbocycles. The molecule has 0 radical (unpaired) electrons. The van der Waals surface area contributed by atoms with E-state index < -0.39 is 18.2 Å². The maximum Gasteiger partial charge on any atom is 0.573 e. The third-order valence-corrected chi connectivity index (χ3v) is 7.16. The molecular formula is C29H24F4N6O2S. The first-order valence-corrected chi connectivity index (χ1v) is 13.8. The maximum atomic E-state index is 14.8. The molecule has 1 N–H and O–H groups in total. The molecule has 8 nitrogen and oxygen atoms in total. The minimum Gasteiger partial charge on any atom is -0.406 e. The molecule has 4 aromatic rings. The van der Waals surface area contributed by atoms with Crippen molar-refractivity contribution < 1.29 is 27.1 Å². The first kappa shape index (κ1) is 28.9. The van der Waals surface area contributed by atoms with Gasteiger partial charge in [-0.25, -0.2) is 18.9 Å². The molecule has 42 heavy (non-hydrogen) atoms. The molecule has 5 rings (SSSR count). The van der Waals surface area contributed by atoms with E-state index >= 15 is 0 Å². The lowest BCUT2D eigenvalue weighted by Crippen LogP contribution is -2.27. The fourth-order valence-electron chi connectivity index (χ4n) is 4.22. The zero-order valence-electron chi connectivity index (χ0n) is 22.2. The number of amides is 2. The van der Waals surface area contributed by atoms with E-state index in [2.05, 4.69) is 32.1 Å². The predicted molar refractivity (Wildman–Crippen MR) is 154 cm³/mol. The zero-order chi connectivity index (χ0) is 29.7. The van der Waals surface area contributed by atoms with Gasteiger partial charge in [0.1, 0.15) is 17.9 Å². The Morgan fingerprint density at radius 2 is 1.83 bits per heavy atom. The molecule has 2 amide bonds. The molecule has 1 aliphatic heterocycles. The third-order valence-electron chi connectivity index (χ3n) is 6.21. The predicted octanol–water partition coefficient (Wildman–Crippen LogP) is 6.98. The van der Waals surface area contributed by atoms with Crippen molar-refractivity contribution in [1.29, 1.82) is 0 Å². The summed E-state index contributed by atoms with van der Waals surface area (Å²) < 4.78 is 57.2. The quantitative estimate of drug-likeness (QED) is 0.232. The number of aliphatic imine (C=N–C) groups is 1. The number of halogens is 4. The summed E-state index contributed by atoms with van der Waals surface area (Å²) in [6, 6.07) is 18.7. The Morgan fingerprint density at radius 1 is 1.10 bits per heavy atom. The van der Waals surface area contributed by atoms with Gasteiger partial charge in [0, 0.05) is 35.3 Å². The van der Waals surface area contributed by atoms with Crippen molar-refractivity contribution in [3.05, 3.63) is 96.5 Å². The number of amidine groups is 1. The first-order chi connectivity index (χ1) is 20.2. The number of benzene rings is 3. The molecule has 13 heteroatoms. The number of anilines is 1. The van der Waals surface area contributed by atoms with E-state index in [0.717, 1.165) is 36.2 Å². The molecule has 0 bridgehead atoms. The molecule has 1 fully saturated rings. The van der Waals surface area contributed by atoms with Crippen LogP contribution in [0.3, 0.4) is 0 Å². The van der Waals surface area contributed by atoms with Gasteiger partial charge in [-0.1, -0.05) is 61.2 Å². The molecule has 0 atom stereocenters. The van der Waals surface area contributed by atoms with Crippen LogP contribution in [0, 0.1) is 0 Å². The highest BCUT2D eigenvalue weighted by Gasteiger charge is 2.31. The molecule has 1 saturated heterocycles. The third kappa shape index (κ3) is 6.97. The smallest absolute Gasteiger partial charge is 0.406 e. The van der Waals surface area contributed by atoms with Crippen LogP contribution < -0.4 is 15.0 Å². The van der Waals surface area contributed by atoms with Crippen molar-refractivity contribution in [2.24, 2.45) is 4.99 Å². The number of nitrogens with one attached hydrogen (secondary N) is 1. The number of alkyl halides is 3. The molecule has 0 spiro atoms. The van der Waals surface area contributed by atoms with E-state index in [1.807, 2.05) is 29.2 Å².